The lowest BCUT2D eigenvalue weighted by atomic mass is 9.91. The highest BCUT2D eigenvalue weighted by Crippen LogP contribution is 2.29. The summed E-state index contributed by atoms with van der Waals surface area (Å²) in [5.74, 6) is -1.24. The van der Waals surface area contributed by atoms with Crippen LogP contribution in [0.15, 0.2) is 48.5 Å². The van der Waals surface area contributed by atoms with E-state index in [2.05, 4.69) is 22.9 Å². The number of aryl methyl sites for hydroxylation is 1. The Balaban J connectivity index is 1.69. The molecule has 0 saturated carbocycles. The van der Waals surface area contributed by atoms with Crippen LogP contribution in [-0.2, 0) is 26.3 Å². The van der Waals surface area contributed by atoms with Gasteiger partial charge in [-0.15, -0.1) is 0 Å². The van der Waals surface area contributed by atoms with E-state index in [4.69, 9.17) is 0 Å². The largest absolute Gasteiger partial charge is 0.326 e. The molecule has 1 aliphatic rings. The van der Waals surface area contributed by atoms with Crippen molar-refractivity contribution in [3.63, 3.8) is 0 Å². The second kappa shape index (κ2) is 8.99. The van der Waals surface area contributed by atoms with Gasteiger partial charge in [-0.2, -0.15) is 0 Å². The Morgan fingerprint density at radius 2 is 1.68 bits per heavy atom. The molecule has 0 spiro atoms. The van der Waals surface area contributed by atoms with Crippen molar-refractivity contribution in [2.24, 2.45) is 0 Å². The molecule has 31 heavy (non-hydrogen) atoms. The molecule has 0 aliphatic carbocycles. The number of benzene rings is 2. The Labute approximate surface area is 181 Å². The molecule has 8 heteroatoms. The predicted octanol–water partition coefficient (Wildman–Crippen LogP) is 3.00. The van der Waals surface area contributed by atoms with Gasteiger partial charge in [0, 0.05) is 18.3 Å². The number of carbonyl (C=O) groups is 4. The van der Waals surface area contributed by atoms with E-state index in [0.717, 1.165) is 23.3 Å². The Morgan fingerprint density at radius 1 is 1.03 bits per heavy atom. The normalized spacial score (nSPS) is 18.0. The van der Waals surface area contributed by atoms with Crippen molar-refractivity contribution in [2.75, 3.05) is 17.2 Å². The van der Waals surface area contributed by atoms with Crippen LogP contribution in [0, 0.1) is 0 Å². The van der Waals surface area contributed by atoms with E-state index >= 15 is 0 Å². The molecule has 0 bridgehead atoms. The first-order valence-electron chi connectivity index (χ1n) is 10.1. The second-order valence-electron chi connectivity index (χ2n) is 7.70. The molecule has 0 unspecified atom stereocenters. The molecule has 2 aromatic carbocycles. The van der Waals surface area contributed by atoms with Crippen molar-refractivity contribution in [1.29, 1.82) is 0 Å². The maximum atomic E-state index is 13.0. The highest BCUT2D eigenvalue weighted by atomic mass is 16.2. The topological polar surface area (TPSA) is 108 Å². The average Bonchev–Trinajstić information content (AvgIpc) is 2.92. The minimum Gasteiger partial charge on any atom is -0.326 e. The number of imide groups is 1. The fraction of sp³-hybridized carbons (Fsp3) is 0.304. The molecule has 3 N–H and O–H groups in total. The molecule has 3 rings (SSSR count). The molecule has 0 radical (unpaired) electrons. The molecule has 1 heterocycles. The fourth-order valence-corrected chi connectivity index (χ4v) is 3.55. The maximum Gasteiger partial charge on any atom is 0.325 e. The van der Waals surface area contributed by atoms with Crippen molar-refractivity contribution in [3.05, 3.63) is 59.7 Å². The van der Waals surface area contributed by atoms with Crippen molar-refractivity contribution in [1.82, 2.24) is 10.2 Å². The molecule has 8 nitrogen and oxygen atoms in total. The Hall–Kier alpha value is -3.68. The van der Waals surface area contributed by atoms with E-state index in [-0.39, 0.29) is 5.91 Å². The monoisotopic (exact) mass is 422 g/mol. The molecule has 1 atom stereocenters. The van der Waals surface area contributed by atoms with E-state index in [9.17, 15) is 19.2 Å². The van der Waals surface area contributed by atoms with Gasteiger partial charge < -0.3 is 16.0 Å². The number of hydrogen-bond donors (Lipinski definition) is 3. The van der Waals surface area contributed by atoms with E-state index in [1.807, 2.05) is 24.3 Å². The molecular weight excluding hydrogens is 396 g/mol. The van der Waals surface area contributed by atoms with Crippen LogP contribution in [0.1, 0.15) is 38.3 Å². The zero-order chi connectivity index (χ0) is 22.6. The maximum absolute atomic E-state index is 13.0. The Kier molecular flexibility index (Phi) is 6.39. The van der Waals surface area contributed by atoms with Crippen molar-refractivity contribution < 1.29 is 19.2 Å². The van der Waals surface area contributed by atoms with Crippen molar-refractivity contribution >= 4 is 35.1 Å². The van der Waals surface area contributed by atoms with E-state index in [0.29, 0.717) is 16.9 Å². The molecular formula is C23H26N4O4. The lowest BCUT2D eigenvalue weighted by Crippen LogP contribution is -2.42. The van der Waals surface area contributed by atoms with Crippen LogP contribution in [0.3, 0.4) is 0 Å². The zero-order valence-corrected chi connectivity index (χ0v) is 17.8. The van der Waals surface area contributed by atoms with Crippen LogP contribution in [0.25, 0.3) is 0 Å². The summed E-state index contributed by atoms with van der Waals surface area (Å²) in [6.07, 6.45) is 1.95. The smallest absolute Gasteiger partial charge is 0.325 e. The SMILES string of the molecule is CCCc1ccc([C@@]2(C)NC(=O)N(CC(=O)Nc3cccc(NC(C)=O)c3)C2=O)cc1. The minimum atomic E-state index is -1.23. The minimum absolute atomic E-state index is 0.232. The average molecular weight is 422 g/mol. The summed E-state index contributed by atoms with van der Waals surface area (Å²) in [6.45, 7) is 4.70. The van der Waals surface area contributed by atoms with Gasteiger partial charge in [0.1, 0.15) is 12.1 Å². The van der Waals surface area contributed by atoms with Gasteiger partial charge in [0.05, 0.1) is 0 Å². The van der Waals surface area contributed by atoms with Crippen molar-refractivity contribution in [2.45, 2.75) is 39.2 Å². The Bertz CT molecular complexity index is 1020. The Morgan fingerprint density at radius 3 is 2.29 bits per heavy atom. The van der Waals surface area contributed by atoms with Crippen LogP contribution in [-0.4, -0.2) is 35.2 Å². The first kappa shape index (κ1) is 22.0. The molecule has 162 valence electrons. The van der Waals surface area contributed by atoms with Crippen molar-refractivity contribution in [3.8, 4) is 0 Å². The summed E-state index contributed by atoms with van der Waals surface area (Å²) >= 11 is 0. The number of anilines is 2. The summed E-state index contributed by atoms with van der Waals surface area (Å²) < 4.78 is 0. The fourth-order valence-electron chi connectivity index (χ4n) is 3.55. The number of carbonyl (C=O) groups excluding carboxylic acids is 4. The van der Waals surface area contributed by atoms with Crippen LogP contribution < -0.4 is 16.0 Å². The number of amides is 5. The summed E-state index contributed by atoms with van der Waals surface area (Å²) in [5, 5.41) is 7.98. The molecule has 5 amide bonds. The number of rotatable bonds is 7. The van der Waals surface area contributed by atoms with Gasteiger partial charge in [-0.3, -0.25) is 19.3 Å². The van der Waals surface area contributed by atoms with Crippen LogP contribution in [0.4, 0.5) is 16.2 Å². The van der Waals surface area contributed by atoms with Gasteiger partial charge in [-0.05, 0) is 42.7 Å². The summed E-state index contributed by atoms with van der Waals surface area (Å²) in [7, 11) is 0. The van der Waals surface area contributed by atoms with Gasteiger partial charge in [-0.25, -0.2) is 4.79 Å². The molecule has 2 aromatic rings. The van der Waals surface area contributed by atoms with Crippen LogP contribution in [0.5, 0.6) is 0 Å². The number of nitrogens with zero attached hydrogens (tertiary/aromatic N) is 1. The second-order valence-corrected chi connectivity index (χ2v) is 7.70. The van der Waals surface area contributed by atoms with Gasteiger partial charge >= 0.3 is 6.03 Å². The lowest BCUT2D eigenvalue weighted by Gasteiger charge is -2.22. The van der Waals surface area contributed by atoms with E-state index in [1.165, 1.54) is 6.92 Å². The molecule has 1 fully saturated rings. The predicted molar refractivity (Wildman–Crippen MR) is 117 cm³/mol. The summed E-state index contributed by atoms with van der Waals surface area (Å²) in [6, 6.07) is 13.5. The lowest BCUT2D eigenvalue weighted by molar-refractivity contribution is -0.133. The number of urea groups is 1. The third kappa shape index (κ3) is 4.91. The van der Waals surface area contributed by atoms with Crippen LogP contribution in [0.2, 0.25) is 0 Å². The third-order valence-electron chi connectivity index (χ3n) is 5.11. The number of hydrogen-bond acceptors (Lipinski definition) is 4. The number of nitrogens with one attached hydrogen (secondary N) is 3. The quantitative estimate of drug-likeness (QED) is 0.596. The highest BCUT2D eigenvalue weighted by Gasteiger charge is 2.49. The summed E-state index contributed by atoms with van der Waals surface area (Å²) in [5.41, 5.74) is 1.56. The molecule has 1 aliphatic heterocycles. The first-order chi connectivity index (χ1) is 14.7. The van der Waals surface area contributed by atoms with E-state index < -0.39 is 29.9 Å². The van der Waals surface area contributed by atoms with Gasteiger partial charge in [0.25, 0.3) is 5.91 Å². The third-order valence-corrected chi connectivity index (χ3v) is 5.11. The zero-order valence-electron chi connectivity index (χ0n) is 17.8. The molecule has 1 saturated heterocycles. The van der Waals surface area contributed by atoms with Gasteiger partial charge in [-0.1, -0.05) is 43.7 Å². The van der Waals surface area contributed by atoms with Gasteiger partial charge in [0.15, 0.2) is 0 Å². The molecule has 0 aromatic heterocycles. The first-order valence-corrected chi connectivity index (χ1v) is 10.1. The van der Waals surface area contributed by atoms with Crippen LogP contribution >= 0.6 is 0 Å². The summed E-state index contributed by atoms with van der Waals surface area (Å²) in [4.78, 5) is 50.1. The van der Waals surface area contributed by atoms with E-state index in [1.54, 1.807) is 31.2 Å². The highest BCUT2D eigenvalue weighted by molar-refractivity contribution is 6.10. The van der Waals surface area contributed by atoms with Gasteiger partial charge in [0.2, 0.25) is 11.8 Å². The standard InChI is InChI=1S/C23H26N4O4/c1-4-6-16-9-11-17(12-10-16)23(3)21(30)27(22(31)26-23)14-20(29)25-19-8-5-7-18(13-19)24-15(2)28/h5,7-13H,4,6,14H2,1-3H3,(H,24,28)(H,25,29)(H,26,31)/t23-/m1/s1.